The molecule has 2 heteroatoms. The van der Waals surface area contributed by atoms with Crippen molar-refractivity contribution >= 4 is 11.6 Å². The van der Waals surface area contributed by atoms with E-state index in [1.54, 1.807) is 0 Å². The second-order valence-corrected chi connectivity index (χ2v) is 4.99. The maximum atomic E-state index is 6.28. The third-order valence-corrected chi connectivity index (χ3v) is 3.71. The van der Waals surface area contributed by atoms with Crippen LogP contribution in [0.25, 0.3) is 0 Å². The predicted octanol–water partition coefficient (Wildman–Crippen LogP) is 4.26. The first kappa shape index (κ1) is 13.1. The lowest BCUT2D eigenvalue weighted by Crippen LogP contribution is -2.12. The second kappa shape index (κ2) is 5.55. The number of hydrogen-bond donors (Lipinski definition) is 1. The molecule has 18 heavy (non-hydrogen) atoms. The third-order valence-electron chi connectivity index (χ3n) is 3.29. The van der Waals surface area contributed by atoms with Crippen LogP contribution in [0.4, 0.5) is 0 Å². The molecule has 1 nitrogen and oxygen atoms in total. The average Bonchev–Trinajstić information content (AvgIpc) is 2.41. The Morgan fingerprint density at radius 3 is 2.22 bits per heavy atom. The first-order valence-corrected chi connectivity index (χ1v) is 6.60. The first-order chi connectivity index (χ1) is 8.61. The van der Waals surface area contributed by atoms with E-state index >= 15 is 0 Å². The van der Waals surface area contributed by atoms with Crippen molar-refractivity contribution in [3.05, 3.63) is 69.7 Å². The Balaban J connectivity index is 2.28. The van der Waals surface area contributed by atoms with Crippen molar-refractivity contribution in [3.8, 4) is 0 Å². The molecule has 0 saturated carbocycles. The standard InChI is InChI=1S/C16H18ClN/c1-3-12-4-6-13(7-5-12)16(18)14-8-9-15(17)11(2)10-14/h4-10,16H,3,18H2,1-2H3. The summed E-state index contributed by atoms with van der Waals surface area (Å²) in [4.78, 5) is 0. The van der Waals surface area contributed by atoms with E-state index in [1.807, 2.05) is 19.1 Å². The summed E-state index contributed by atoms with van der Waals surface area (Å²) in [5.74, 6) is 0. The molecule has 0 aliphatic carbocycles. The van der Waals surface area contributed by atoms with Gasteiger partial charge in [0, 0.05) is 5.02 Å². The molecule has 0 bridgehead atoms. The van der Waals surface area contributed by atoms with E-state index in [0.29, 0.717) is 0 Å². The number of rotatable bonds is 3. The zero-order valence-electron chi connectivity index (χ0n) is 10.8. The van der Waals surface area contributed by atoms with Gasteiger partial charge in [0.25, 0.3) is 0 Å². The smallest absolute Gasteiger partial charge is 0.0551 e. The monoisotopic (exact) mass is 259 g/mol. The fourth-order valence-electron chi connectivity index (χ4n) is 2.01. The minimum atomic E-state index is -0.0909. The fraction of sp³-hybridized carbons (Fsp3) is 0.250. The molecule has 2 N–H and O–H groups in total. The zero-order valence-corrected chi connectivity index (χ0v) is 11.5. The fourth-order valence-corrected chi connectivity index (χ4v) is 2.13. The Hall–Kier alpha value is -1.31. The number of benzene rings is 2. The van der Waals surface area contributed by atoms with Crippen LogP contribution in [0.2, 0.25) is 5.02 Å². The van der Waals surface area contributed by atoms with Gasteiger partial charge in [0.2, 0.25) is 0 Å². The van der Waals surface area contributed by atoms with Crippen molar-refractivity contribution in [1.29, 1.82) is 0 Å². The van der Waals surface area contributed by atoms with Crippen LogP contribution in [-0.2, 0) is 6.42 Å². The van der Waals surface area contributed by atoms with Crippen LogP contribution in [0, 0.1) is 6.92 Å². The van der Waals surface area contributed by atoms with Crippen molar-refractivity contribution in [3.63, 3.8) is 0 Å². The van der Waals surface area contributed by atoms with Gasteiger partial charge < -0.3 is 5.73 Å². The molecule has 2 aromatic carbocycles. The molecule has 0 fully saturated rings. The van der Waals surface area contributed by atoms with Gasteiger partial charge in [0.15, 0.2) is 0 Å². The lowest BCUT2D eigenvalue weighted by Gasteiger charge is -2.14. The van der Waals surface area contributed by atoms with Gasteiger partial charge in [0.05, 0.1) is 6.04 Å². The number of nitrogens with two attached hydrogens (primary N) is 1. The molecule has 2 rings (SSSR count). The molecule has 2 aromatic rings. The minimum absolute atomic E-state index is 0.0909. The van der Waals surface area contributed by atoms with E-state index in [9.17, 15) is 0 Å². The summed E-state index contributed by atoms with van der Waals surface area (Å²) < 4.78 is 0. The van der Waals surface area contributed by atoms with Crippen LogP contribution >= 0.6 is 11.6 Å². The van der Waals surface area contributed by atoms with Gasteiger partial charge in [-0.05, 0) is 41.7 Å². The Labute approximate surface area is 114 Å². The highest BCUT2D eigenvalue weighted by atomic mass is 35.5. The van der Waals surface area contributed by atoms with Gasteiger partial charge in [-0.1, -0.05) is 54.9 Å². The SMILES string of the molecule is CCc1ccc(C(N)c2ccc(Cl)c(C)c2)cc1. The molecule has 0 aromatic heterocycles. The van der Waals surface area contributed by atoms with Crippen molar-refractivity contribution in [1.82, 2.24) is 0 Å². The average molecular weight is 260 g/mol. The maximum absolute atomic E-state index is 6.28. The Kier molecular flexibility index (Phi) is 4.05. The highest BCUT2D eigenvalue weighted by Gasteiger charge is 2.09. The summed E-state index contributed by atoms with van der Waals surface area (Å²) in [5.41, 5.74) is 10.9. The van der Waals surface area contributed by atoms with Gasteiger partial charge in [-0.2, -0.15) is 0 Å². The van der Waals surface area contributed by atoms with Crippen molar-refractivity contribution < 1.29 is 0 Å². The van der Waals surface area contributed by atoms with Crippen molar-refractivity contribution in [2.24, 2.45) is 5.73 Å². The number of aryl methyl sites for hydroxylation is 2. The van der Waals surface area contributed by atoms with Gasteiger partial charge in [-0.3, -0.25) is 0 Å². The molecule has 0 aliphatic heterocycles. The highest BCUT2D eigenvalue weighted by Crippen LogP contribution is 2.24. The molecule has 0 aliphatic rings. The van der Waals surface area contributed by atoms with E-state index in [0.717, 1.165) is 28.1 Å². The van der Waals surface area contributed by atoms with Gasteiger partial charge in [-0.15, -0.1) is 0 Å². The summed E-state index contributed by atoms with van der Waals surface area (Å²) in [5, 5.41) is 0.785. The topological polar surface area (TPSA) is 26.0 Å². The Morgan fingerprint density at radius 2 is 1.67 bits per heavy atom. The quantitative estimate of drug-likeness (QED) is 0.876. The lowest BCUT2D eigenvalue weighted by atomic mass is 9.97. The second-order valence-electron chi connectivity index (χ2n) is 4.58. The molecule has 0 spiro atoms. The van der Waals surface area contributed by atoms with Crippen molar-refractivity contribution in [2.75, 3.05) is 0 Å². The van der Waals surface area contributed by atoms with Gasteiger partial charge >= 0.3 is 0 Å². The molecule has 0 radical (unpaired) electrons. The summed E-state index contributed by atoms with van der Waals surface area (Å²) in [6.45, 7) is 4.15. The number of hydrogen-bond acceptors (Lipinski definition) is 1. The maximum Gasteiger partial charge on any atom is 0.0551 e. The van der Waals surface area contributed by atoms with E-state index in [2.05, 4.69) is 37.3 Å². The molecule has 94 valence electrons. The van der Waals surface area contributed by atoms with Crippen LogP contribution in [0.5, 0.6) is 0 Å². The van der Waals surface area contributed by atoms with E-state index < -0.39 is 0 Å². The van der Waals surface area contributed by atoms with Crippen LogP contribution in [0.1, 0.15) is 35.2 Å². The van der Waals surface area contributed by atoms with Crippen LogP contribution in [0.3, 0.4) is 0 Å². The largest absolute Gasteiger partial charge is 0.320 e. The normalized spacial score (nSPS) is 12.4. The zero-order chi connectivity index (χ0) is 13.1. The third kappa shape index (κ3) is 2.74. The molecule has 0 heterocycles. The number of halogens is 1. The Bertz CT molecular complexity index is 531. The summed E-state index contributed by atoms with van der Waals surface area (Å²) in [6, 6.07) is 14.4. The summed E-state index contributed by atoms with van der Waals surface area (Å²) >= 11 is 6.03. The van der Waals surface area contributed by atoms with Crippen LogP contribution in [-0.4, -0.2) is 0 Å². The van der Waals surface area contributed by atoms with Gasteiger partial charge in [-0.25, -0.2) is 0 Å². The summed E-state index contributed by atoms with van der Waals surface area (Å²) in [7, 11) is 0. The Morgan fingerprint density at radius 1 is 1.06 bits per heavy atom. The molecule has 0 amide bonds. The minimum Gasteiger partial charge on any atom is -0.320 e. The molecule has 1 unspecified atom stereocenters. The predicted molar refractivity (Wildman–Crippen MR) is 78.0 cm³/mol. The van der Waals surface area contributed by atoms with Gasteiger partial charge in [0.1, 0.15) is 0 Å². The summed E-state index contributed by atoms with van der Waals surface area (Å²) in [6.07, 6.45) is 1.05. The van der Waals surface area contributed by atoms with E-state index in [-0.39, 0.29) is 6.04 Å². The van der Waals surface area contributed by atoms with Crippen LogP contribution < -0.4 is 5.73 Å². The van der Waals surface area contributed by atoms with Crippen LogP contribution in [0.15, 0.2) is 42.5 Å². The molecular formula is C16H18ClN. The molecule has 1 atom stereocenters. The molecule has 0 saturated heterocycles. The first-order valence-electron chi connectivity index (χ1n) is 6.22. The van der Waals surface area contributed by atoms with Crippen molar-refractivity contribution in [2.45, 2.75) is 26.3 Å². The molecular weight excluding hydrogens is 242 g/mol. The highest BCUT2D eigenvalue weighted by molar-refractivity contribution is 6.31. The van der Waals surface area contributed by atoms with E-state index in [4.69, 9.17) is 17.3 Å². The van der Waals surface area contributed by atoms with E-state index in [1.165, 1.54) is 5.56 Å². The lowest BCUT2D eigenvalue weighted by molar-refractivity contribution is 0.868.